The van der Waals surface area contributed by atoms with E-state index in [9.17, 15) is 9.18 Å². The SMILES string of the molecule is O=C(c1nc(-c2ccc(F)cc2)n2c1CCCCC2)N1CCC[C@H]1c1ccncc1. The summed E-state index contributed by atoms with van der Waals surface area (Å²) in [6, 6.07) is 10.5. The number of nitrogens with zero attached hydrogens (tertiary/aromatic N) is 4. The number of aromatic nitrogens is 3. The van der Waals surface area contributed by atoms with Gasteiger partial charge in [0.15, 0.2) is 0 Å². The number of hydrogen-bond donors (Lipinski definition) is 0. The summed E-state index contributed by atoms with van der Waals surface area (Å²) in [6.45, 7) is 1.58. The highest BCUT2D eigenvalue weighted by atomic mass is 19.1. The number of rotatable bonds is 3. The zero-order valence-corrected chi connectivity index (χ0v) is 16.9. The number of carbonyl (C=O) groups excluding carboxylic acids is 1. The van der Waals surface area contributed by atoms with Gasteiger partial charge in [-0.15, -0.1) is 0 Å². The van der Waals surface area contributed by atoms with E-state index in [-0.39, 0.29) is 17.8 Å². The normalized spacial score (nSPS) is 18.8. The molecular weight excluding hydrogens is 379 g/mol. The van der Waals surface area contributed by atoms with E-state index < -0.39 is 0 Å². The Morgan fingerprint density at radius 2 is 1.77 bits per heavy atom. The van der Waals surface area contributed by atoms with Crippen molar-refractivity contribution in [1.82, 2.24) is 19.4 Å². The molecule has 5 nitrogen and oxygen atoms in total. The van der Waals surface area contributed by atoms with Gasteiger partial charge in [-0.05, 0) is 74.1 Å². The van der Waals surface area contributed by atoms with Gasteiger partial charge in [0.1, 0.15) is 17.3 Å². The van der Waals surface area contributed by atoms with E-state index in [4.69, 9.17) is 4.98 Å². The molecule has 1 saturated heterocycles. The van der Waals surface area contributed by atoms with Crippen LogP contribution in [0.4, 0.5) is 4.39 Å². The lowest BCUT2D eigenvalue weighted by atomic mass is 10.1. The van der Waals surface area contributed by atoms with Gasteiger partial charge in [0.25, 0.3) is 5.91 Å². The minimum absolute atomic E-state index is 0.00771. The molecule has 6 heteroatoms. The summed E-state index contributed by atoms with van der Waals surface area (Å²) >= 11 is 0. The molecule has 2 aliphatic heterocycles. The van der Waals surface area contributed by atoms with E-state index in [2.05, 4.69) is 9.55 Å². The quantitative estimate of drug-likeness (QED) is 0.631. The van der Waals surface area contributed by atoms with Crippen molar-refractivity contribution >= 4 is 5.91 Å². The van der Waals surface area contributed by atoms with E-state index in [1.807, 2.05) is 17.0 Å². The lowest BCUT2D eigenvalue weighted by Gasteiger charge is -2.24. The molecule has 1 fully saturated rings. The van der Waals surface area contributed by atoms with Crippen LogP contribution in [0.3, 0.4) is 0 Å². The smallest absolute Gasteiger partial charge is 0.274 e. The number of carbonyl (C=O) groups is 1. The standard InChI is InChI=1S/C24H25FN4O/c25-19-9-7-18(8-10-19)23-27-22(21-5-2-1-3-15-28(21)23)24(30)29-16-4-6-20(29)17-11-13-26-14-12-17/h7-14,20H,1-6,15-16H2/t20-/m0/s1. The fourth-order valence-electron chi connectivity index (χ4n) is 4.79. The van der Waals surface area contributed by atoms with Gasteiger partial charge in [0.05, 0.1) is 11.7 Å². The molecule has 154 valence electrons. The largest absolute Gasteiger partial charge is 0.330 e. The van der Waals surface area contributed by atoms with Crippen LogP contribution in [0.5, 0.6) is 0 Å². The third kappa shape index (κ3) is 3.40. The average Bonchev–Trinajstić information content (AvgIpc) is 3.33. The maximum absolute atomic E-state index is 13.7. The summed E-state index contributed by atoms with van der Waals surface area (Å²) in [6.07, 6.45) is 9.62. The number of fused-ring (bicyclic) bond motifs is 1. The van der Waals surface area contributed by atoms with Gasteiger partial charge < -0.3 is 9.47 Å². The van der Waals surface area contributed by atoms with Crippen LogP contribution in [0.2, 0.25) is 0 Å². The van der Waals surface area contributed by atoms with Crippen LogP contribution < -0.4 is 0 Å². The molecule has 4 heterocycles. The van der Waals surface area contributed by atoms with E-state index in [1.54, 1.807) is 24.5 Å². The molecule has 1 atom stereocenters. The molecule has 0 unspecified atom stereocenters. The minimum Gasteiger partial charge on any atom is -0.330 e. The predicted octanol–water partition coefficient (Wildman–Crippen LogP) is 4.79. The lowest BCUT2D eigenvalue weighted by Crippen LogP contribution is -2.31. The molecule has 3 aromatic rings. The van der Waals surface area contributed by atoms with Crippen LogP contribution in [-0.2, 0) is 13.0 Å². The van der Waals surface area contributed by atoms with Crippen LogP contribution in [0.1, 0.15) is 59.9 Å². The van der Waals surface area contributed by atoms with Crippen molar-refractivity contribution in [3.05, 3.63) is 71.6 Å². The van der Waals surface area contributed by atoms with Crippen molar-refractivity contribution < 1.29 is 9.18 Å². The Morgan fingerprint density at radius 1 is 0.967 bits per heavy atom. The highest BCUT2D eigenvalue weighted by molar-refractivity contribution is 5.95. The maximum atomic E-state index is 13.7. The maximum Gasteiger partial charge on any atom is 0.274 e. The minimum atomic E-state index is -0.269. The Bertz CT molecular complexity index is 1050. The number of hydrogen-bond acceptors (Lipinski definition) is 3. The van der Waals surface area contributed by atoms with E-state index in [1.165, 1.54) is 12.1 Å². The number of amides is 1. The number of imidazole rings is 1. The topological polar surface area (TPSA) is 51.0 Å². The first-order chi connectivity index (χ1) is 14.7. The molecule has 2 aromatic heterocycles. The molecule has 0 N–H and O–H groups in total. The van der Waals surface area contributed by atoms with Crippen molar-refractivity contribution in [3.8, 4) is 11.4 Å². The van der Waals surface area contributed by atoms with E-state index in [0.29, 0.717) is 5.69 Å². The van der Waals surface area contributed by atoms with Gasteiger partial charge in [-0.1, -0.05) is 6.42 Å². The van der Waals surface area contributed by atoms with Gasteiger partial charge >= 0.3 is 0 Å². The predicted molar refractivity (Wildman–Crippen MR) is 112 cm³/mol. The molecule has 0 radical (unpaired) electrons. The second-order valence-corrected chi connectivity index (χ2v) is 8.14. The van der Waals surface area contributed by atoms with Gasteiger partial charge in [0.2, 0.25) is 0 Å². The van der Waals surface area contributed by atoms with Gasteiger partial charge in [-0.2, -0.15) is 0 Å². The Kier molecular flexibility index (Phi) is 5.07. The van der Waals surface area contributed by atoms with E-state index >= 15 is 0 Å². The zero-order valence-electron chi connectivity index (χ0n) is 16.9. The first-order valence-electron chi connectivity index (χ1n) is 10.8. The molecule has 5 rings (SSSR count). The summed E-state index contributed by atoms with van der Waals surface area (Å²) in [7, 11) is 0. The number of likely N-dealkylation sites (tertiary alicyclic amines) is 1. The summed E-state index contributed by atoms with van der Waals surface area (Å²) in [4.78, 5) is 24.6. The monoisotopic (exact) mass is 404 g/mol. The van der Waals surface area contributed by atoms with Crippen molar-refractivity contribution in [3.63, 3.8) is 0 Å². The molecule has 0 aliphatic carbocycles. The Morgan fingerprint density at radius 3 is 2.57 bits per heavy atom. The zero-order chi connectivity index (χ0) is 20.5. The molecule has 2 aliphatic rings. The molecule has 0 bridgehead atoms. The first kappa shape index (κ1) is 19.0. The summed E-state index contributed by atoms with van der Waals surface area (Å²) in [5, 5.41) is 0. The third-order valence-electron chi connectivity index (χ3n) is 6.28. The highest BCUT2D eigenvalue weighted by Gasteiger charge is 2.34. The molecule has 30 heavy (non-hydrogen) atoms. The van der Waals surface area contributed by atoms with Crippen molar-refractivity contribution in [2.24, 2.45) is 0 Å². The second-order valence-electron chi connectivity index (χ2n) is 8.14. The second kappa shape index (κ2) is 8.01. The summed E-state index contributed by atoms with van der Waals surface area (Å²) < 4.78 is 15.6. The number of benzene rings is 1. The van der Waals surface area contributed by atoms with Crippen LogP contribution >= 0.6 is 0 Å². The fourth-order valence-corrected chi connectivity index (χ4v) is 4.79. The number of pyridine rings is 1. The van der Waals surface area contributed by atoms with Crippen LogP contribution in [0, 0.1) is 5.82 Å². The molecule has 1 aromatic carbocycles. The third-order valence-corrected chi connectivity index (χ3v) is 6.28. The Balaban J connectivity index is 1.55. The Labute approximate surface area is 175 Å². The first-order valence-corrected chi connectivity index (χ1v) is 10.8. The van der Waals surface area contributed by atoms with E-state index in [0.717, 1.165) is 74.3 Å². The molecule has 0 spiro atoms. The van der Waals surface area contributed by atoms with Crippen LogP contribution in [0.15, 0.2) is 48.8 Å². The lowest BCUT2D eigenvalue weighted by molar-refractivity contribution is 0.0729. The van der Waals surface area contributed by atoms with Crippen molar-refractivity contribution in [2.45, 2.75) is 51.1 Å². The molecule has 1 amide bonds. The van der Waals surface area contributed by atoms with Gasteiger partial charge in [-0.25, -0.2) is 9.37 Å². The summed E-state index contributed by atoms with van der Waals surface area (Å²) in [5.74, 6) is 0.512. The molecular formula is C24H25FN4O. The fraction of sp³-hybridized carbons (Fsp3) is 0.375. The number of halogens is 1. The van der Waals surface area contributed by atoms with Gasteiger partial charge in [-0.3, -0.25) is 9.78 Å². The van der Waals surface area contributed by atoms with Crippen molar-refractivity contribution in [1.29, 1.82) is 0 Å². The molecule has 0 saturated carbocycles. The van der Waals surface area contributed by atoms with Crippen molar-refractivity contribution in [2.75, 3.05) is 6.54 Å². The van der Waals surface area contributed by atoms with Gasteiger partial charge in [0, 0.05) is 31.0 Å². The van der Waals surface area contributed by atoms with Crippen LogP contribution in [-0.4, -0.2) is 31.9 Å². The highest BCUT2D eigenvalue weighted by Crippen LogP contribution is 2.35. The Hall–Kier alpha value is -3.02. The van der Waals surface area contributed by atoms with Crippen LogP contribution in [0.25, 0.3) is 11.4 Å². The average molecular weight is 404 g/mol. The summed E-state index contributed by atoms with van der Waals surface area (Å²) in [5.41, 5.74) is 3.57.